The van der Waals surface area contributed by atoms with E-state index in [2.05, 4.69) is 277 Å². The van der Waals surface area contributed by atoms with Gasteiger partial charge in [0, 0.05) is 33.9 Å². The summed E-state index contributed by atoms with van der Waals surface area (Å²) in [7, 11) is 0. The van der Waals surface area contributed by atoms with E-state index in [0.717, 1.165) is 45.3 Å². The third kappa shape index (κ3) is 7.93. The fourth-order valence-corrected chi connectivity index (χ4v) is 8.39. The molecule has 0 aliphatic heterocycles. The minimum absolute atomic E-state index is 1.08. The average molecular weight is 793 g/mol. The van der Waals surface area contributed by atoms with E-state index in [1.165, 1.54) is 44.5 Å². The summed E-state index contributed by atoms with van der Waals surface area (Å²) < 4.78 is 0. The van der Waals surface area contributed by atoms with E-state index in [-0.39, 0.29) is 0 Å². The van der Waals surface area contributed by atoms with Crippen molar-refractivity contribution >= 4 is 34.1 Å². The lowest BCUT2D eigenvalue weighted by Crippen LogP contribution is -2.12. The summed E-state index contributed by atoms with van der Waals surface area (Å²) in [4.78, 5) is 4.74. The first-order valence-corrected chi connectivity index (χ1v) is 21.2. The first-order valence-electron chi connectivity index (χ1n) is 21.2. The van der Waals surface area contributed by atoms with Crippen LogP contribution in [0.15, 0.2) is 267 Å². The Bertz CT molecular complexity index is 2830. The first-order chi connectivity index (χ1) is 30.8. The predicted octanol–water partition coefficient (Wildman–Crippen LogP) is 17.0. The van der Waals surface area contributed by atoms with Crippen LogP contribution in [0.4, 0.5) is 34.1 Å². The van der Waals surface area contributed by atoms with Crippen LogP contribution in [0.5, 0.6) is 0 Å². The Kier molecular flexibility index (Phi) is 10.8. The maximum Gasteiger partial charge on any atom is 0.0540 e. The molecular formula is C60H44N2. The molecule has 0 radical (unpaired) electrons. The molecule has 0 saturated heterocycles. The Morgan fingerprint density at radius 3 is 0.694 bits per heavy atom. The second-order valence-corrected chi connectivity index (χ2v) is 15.4. The lowest BCUT2D eigenvalue weighted by Gasteiger charge is -2.30. The standard InChI is InChI=1S/C60H44N2/c1-5-17-45(18-6-1)47-29-37-53(38-30-47)61(54-39-31-48(32-40-54)46-19-7-2-8-20-46)55-41-33-49(34-42-55)50-35-43-56(44-36-50)62(59-27-15-13-25-57(59)51-21-9-3-10-22-51)60-28-16-14-26-58(60)52-23-11-4-12-24-52/h1-44H. The minimum atomic E-state index is 1.08. The number of para-hydroxylation sites is 2. The topological polar surface area (TPSA) is 6.48 Å². The number of nitrogens with zero attached hydrogens (tertiary/aromatic N) is 2. The molecule has 0 saturated carbocycles. The highest BCUT2D eigenvalue weighted by Gasteiger charge is 2.21. The average Bonchev–Trinajstić information content (AvgIpc) is 3.36. The third-order valence-electron chi connectivity index (χ3n) is 11.5. The molecule has 0 aliphatic carbocycles. The summed E-state index contributed by atoms with van der Waals surface area (Å²) in [6.45, 7) is 0. The van der Waals surface area contributed by atoms with Gasteiger partial charge in [-0.25, -0.2) is 0 Å². The largest absolute Gasteiger partial charge is 0.311 e. The Morgan fingerprint density at radius 2 is 0.387 bits per heavy atom. The molecule has 0 aliphatic rings. The van der Waals surface area contributed by atoms with Gasteiger partial charge in [0.15, 0.2) is 0 Å². The zero-order valence-corrected chi connectivity index (χ0v) is 34.3. The van der Waals surface area contributed by atoms with Crippen molar-refractivity contribution in [2.24, 2.45) is 0 Å². The smallest absolute Gasteiger partial charge is 0.0540 e. The van der Waals surface area contributed by atoms with Gasteiger partial charge in [-0.05, 0) is 105 Å². The molecule has 2 nitrogen and oxygen atoms in total. The van der Waals surface area contributed by atoms with Crippen LogP contribution >= 0.6 is 0 Å². The van der Waals surface area contributed by atoms with Gasteiger partial charge in [-0.15, -0.1) is 0 Å². The second-order valence-electron chi connectivity index (χ2n) is 15.4. The van der Waals surface area contributed by atoms with Gasteiger partial charge in [0.2, 0.25) is 0 Å². The molecule has 0 heterocycles. The van der Waals surface area contributed by atoms with Crippen LogP contribution in [0.1, 0.15) is 0 Å². The Labute approximate surface area is 364 Å². The predicted molar refractivity (Wildman–Crippen MR) is 263 cm³/mol. The van der Waals surface area contributed by atoms with Crippen molar-refractivity contribution in [3.05, 3.63) is 267 Å². The monoisotopic (exact) mass is 792 g/mol. The molecule has 0 bridgehead atoms. The van der Waals surface area contributed by atoms with Crippen molar-refractivity contribution in [2.75, 3.05) is 9.80 Å². The molecule has 0 amide bonds. The maximum atomic E-state index is 2.40. The van der Waals surface area contributed by atoms with Gasteiger partial charge in [-0.1, -0.05) is 206 Å². The van der Waals surface area contributed by atoms with E-state index in [1.54, 1.807) is 0 Å². The maximum absolute atomic E-state index is 2.40. The third-order valence-corrected chi connectivity index (χ3v) is 11.5. The lowest BCUT2D eigenvalue weighted by atomic mass is 9.98. The SMILES string of the molecule is c1ccc(-c2ccc(N(c3ccc(-c4ccccc4)cc3)c3ccc(-c4ccc(N(c5ccccc5-c5ccccc5)c5ccccc5-c5ccccc5)cc4)cc3)cc2)cc1. The number of rotatable bonds is 11. The molecule has 10 aromatic rings. The van der Waals surface area contributed by atoms with Crippen LogP contribution in [0.2, 0.25) is 0 Å². The van der Waals surface area contributed by atoms with Crippen molar-refractivity contribution in [1.82, 2.24) is 0 Å². The van der Waals surface area contributed by atoms with Gasteiger partial charge in [0.25, 0.3) is 0 Å². The molecule has 10 rings (SSSR count). The summed E-state index contributed by atoms with van der Waals surface area (Å²) in [5.41, 5.74) is 18.4. The van der Waals surface area contributed by atoms with E-state index >= 15 is 0 Å². The highest BCUT2D eigenvalue weighted by molar-refractivity contribution is 5.94. The van der Waals surface area contributed by atoms with Gasteiger partial charge in [-0.2, -0.15) is 0 Å². The normalized spacial score (nSPS) is 10.9. The van der Waals surface area contributed by atoms with Gasteiger partial charge in [-0.3, -0.25) is 0 Å². The molecule has 10 aromatic carbocycles. The fourth-order valence-electron chi connectivity index (χ4n) is 8.39. The van der Waals surface area contributed by atoms with Crippen LogP contribution in [0.25, 0.3) is 55.6 Å². The molecule has 0 aromatic heterocycles. The number of anilines is 6. The minimum Gasteiger partial charge on any atom is -0.311 e. The number of hydrogen-bond donors (Lipinski definition) is 0. The van der Waals surface area contributed by atoms with Crippen molar-refractivity contribution in [3.8, 4) is 55.6 Å². The van der Waals surface area contributed by atoms with Crippen molar-refractivity contribution in [1.29, 1.82) is 0 Å². The molecule has 62 heavy (non-hydrogen) atoms. The summed E-state index contributed by atoms with van der Waals surface area (Å²) in [5.74, 6) is 0. The van der Waals surface area contributed by atoms with Crippen LogP contribution in [0.3, 0.4) is 0 Å². The van der Waals surface area contributed by atoms with E-state index in [1.807, 2.05) is 0 Å². The van der Waals surface area contributed by atoms with Crippen LogP contribution in [-0.4, -0.2) is 0 Å². The lowest BCUT2D eigenvalue weighted by molar-refractivity contribution is 1.28. The van der Waals surface area contributed by atoms with Gasteiger partial charge < -0.3 is 9.80 Å². The van der Waals surface area contributed by atoms with Gasteiger partial charge in [0.05, 0.1) is 11.4 Å². The van der Waals surface area contributed by atoms with Crippen LogP contribution in [-0.2, 0) is 0 Å². The molecule has 0 atom stereocenters. The van der Waals surface area contributed by atoms with Crippen molar-refractivity contribution in [3.63, 3.8) is 0 Å². The summed E-state index contributed by atoms with van der Waals surface area (Å²) in [6, 6.07) is 95.5. The quantitative estimate of drug-likeness (QED) is 0.129. The number of hydrogen-bond acceptors (Lipinski definition) is 2. The fraction of sp³-hybridized carbons (Fsp3) is 0. The Balaban J connectivity index is 1.01. The molecule has 0 N–H and O–H groups in total. The molecule has 0 unspecified atom stereocenters. The Hall–Kier alpha value is -8.20. The zero-order valence-electron chi connectivity index (χ0n) is 34.3. The zero-order chi connectivity index (χ0) is 41.5. The molecule has 294 valence electrons. The summed E-state index contributed by atoms with van der Waals surface area (Å²) in [5, 5.41) is 0. The summed E-state index contributed by atoms with van der Waals surface area (Å²) >= 11 is 0. The number of benzene rings is 10. The van der Waals surface area contributed by atoms with E-state index in [9.17, 15) is 0 Å². The highest BCUT2D eigenvalue weighted by Crippen LogP contribution is 2.45. The van der Waals surface area contributed by atoms with Gasteiger partial charge in [0.1, 0.15) is 0 Å². The molecule has 0 fully saturated rings. The molecule has 2 heteroatoms. The molecule has 0 spiro atoms. The van der Waals surface area contributed by atoms with E-state index in [0.29, 0.717) is 0 Å². The van der Waals surface area contributed by atoms with E-state index in [4.69, 9.17) is 0 Å². The van der Waals surface area contributed by atoms with Crippen LogP contribution < -0.4 is 9.80 Å². The van der Waals surface area contributed by atoms with Gasteiger partial charge >= 0.3 is 0 Å². The first kappa shape index (κ1) is 38.0. The van der Waals surface area contributed by atoms with Crippen LogP contribution in [0, 0.1) is 0 Å². The second kappa shape index (κ2) is 17.6. The molecular weight excluding hydrogens is 749 g/mol. The van der Waals surface area contributed by atoms with Crippen molar-refractivity contribution < 1.29 is 0 Å². The van der Waals surface area contributed by atoms with Crippen molar-refractivity contribution in [2.45, 2.75) is 0 Å². The highest BCUT2D eigenvalue weighted by atomic mass is 15.2. The summed E-state index contributed by atoms with van der Waals surface area (Å²) in [6.07, 6.45) is 0. The van der Waals surface area contributed by atoms with E-state index < -0.39 is 0 Å². The Morgan fingerprint density at radius 1 is 0.161 bits per heavy atom.